The number of amides is 1. The first-order valence-corrected chi connectivity index (χ1v) is 4.69. The van der Waals surface area contributed by atoms with Crippen LogP contribution in [0.15, 0.2) is 0 Å². The predicted octanol–water partition coefficient (Wildman–Crippen LogP) is -0.815. The van der Waals surface area contributed by atoms with Gasteiger partial charge < -0.3 is 20.3 Å². The standard InChI is InChI=1S/C8H17N3O2S/c1-11(2)7(12)6-10-8(14)9-4-5-13-3/h4-6H2,1-3H3,(H2,9,10,14). The van der Waals surface area contributed by atoms with E-state index in [9.17, 15) is 4.79 Å². The van der Waals surface area contributed by atoms with Gasteiger partial charge in [-0.3, -0.25) is 4.79 Å². The van der Waals surface area contributed by atoms with E-state index in [-0.39, 0.29) is 12.5 Å². The van der Waals surface area contributed by atoms with Gasteiger partial charge in [-0.1, -0.05) is 0 Å². The molecule has 0 radical (unpaired) electrons. The van der Waals surface area contributed by atoms with Crippen molar-refractivity contribution >= 4 is 23.2 Å². The van der Waals surface area contributed by atoms with Crippen molar-refractivity contribution in [1.29, 1.82) is 0 Å². The molecule has 0 heterocycles. The number of methoxy groups -OCH3 is 1. The zero-order valence-electron chi connectivity index (χ0n) is 8.79. The summed E-state index contributed by atoms with van der Waals surface area (Å²) in [5.41, 5.74) is 0. The summed E-state index contributed by atoms with van der Waals surface area (Å²) in [6, 6.07) is 0. The molecular weight excluding hydrogens is 202 g/mol. The first-order chi connectivity index (χ1) is 6.57. The Kier molecular flexibility index (Phi) is 7.04. The highest BCUT2D eigenvalue weighted by molar-refractivity contribution is 7.80. The van der Waals surface area contributed by atoms with Crippen molar-refractivity contribution in [2.75, 3.05) is 40.9 Å². The van der Waals surface area contributed by atoms with Gasteiger partial charge in [-0.15, -0.1) is 0 Å². The largest absolute Gasteiger partial charge is 0.383 e. The molecular formula is C8H17N3O2S. The summed E-state index contributed by atoms with van der Waals surface area (Å²) < 4.78 is 4.83. The lowest BCUT2D eigenvalue weighted by molar-refractivity contribution is -0.127. The monoisotopic (exact) mass is 219 g/mol. The van der Waals surface area contributed by atoms with Gasteiger partial charge in [-0.25, -0.2) is 0 Å². The van der Waals surface area contributed by atoms with Gasteiger partial charge in [-0.2, -0.15) is 0 Å². The van der Waals surface area contributed by atoms with Gasteiger partial charge in [0, 0.05) is 27.7 Å². The van der Waals surface area contributed by atoms with Crippen LogP contribution >= 0.6 is 12.2 Å². The van der Waals surface area contributed by atoms with E-state index in [1.165, 1.54) is 4.90 Å². The third kappa shape index (κ3) is 6.62. The molecule has 0 spiro atoms. The molecule has 14 heavy (non-hydrogen) atoms. The molecule has 0 aliphatic rings. The van der Waals surface area contributed by atoms with Crippen LogP contribution in [-0.4, -0.2) is 56.8 Å². The Morgan fingerprint density at radius 3 is 2.57 bits per heavy atom. The topological polar surface area (TPSA) is 53.6 Å². The van der Waals surface area contributed by atoms with Crippen LogP contribution < -0.4 is 10.6 Å². The number of carbonyl (C=O) groups excluding carboxylic acids is 1. The zero-order chi connectivity index (χ0) is 11.0. The SMILES string of the molecule is COCCNC(=S)NCC(=O)N(C)C. The molecule has 0 aliphatic carbocycles. The van der Waals surface area contributed by atoms with E-state index >= 15 is 0 Å². The molecule has 0 rings (SSSR count). The number of rotatable bonds is 5. The first kappa shape index (κ1) is 13.1. The lowest BCUT2D eigenvalue weighted by atomic mass is 10.5. The molecule has 0 atom stereocenters. The van der Waals surface area contributed by atoms with E-state index in [2.05, 4.69) is 10.6 Å². The highest BCUT2D eigenvalue weighted by Gasteiger charge is 2.03. The lowest BCUT2D eigenvalue weighted by Gasteiger charge is -2.13. The normalized spacial score (nSPS) is 9.36. The average molecular weight is 219 g/mol. The average Bonchev–Trinajstić information content (AvgIpc) is 2.14. The molecule has 82 valence electrons. The molecule has 1 amide bonds. The van der Waals surface area contributed by atoms with Crippen molar-refractivity contribution in [2.24, 2.45) is 0 Å². The van der Waals surface area contributed by atoms with Crippen molar-refractivity contribution in [3.63, 3.8) is 0 Å². The third-order valence-corrected chi connectivity index (χ3v) is 1.78. The molecule has 5 nitrogen and oxygen atoms in total. The van der Waals surface area contributed by atoms with E-state index in [1.807, 2.05) is 0 Å². The van der Waals surface area contributed by atoms with Gasteiger partial charge in [0.15, 0.2) is 5.11 Å². The summed E-state index contributed by atoms with van der Waals surface area (Å²) in [6.07, 6.45) is 0. The van der Waals surface area contributed by atoms with Crippen LogP contribution in [-0.2, 0) is 9.53 Å². The maximum absolute atomic E-state index is 11.1. The molecule has 0 bridgehead atoms. The number of ether oxygens (including phenoxy) is 1. The number of hydrogen-bond donors (Lipinski definition) is 2. The number of nitrogens with one attached hydrogen (secondary N) is 2. The Balaban J connectivity index is 3.49. The predicted molar refractivity (Wildman–Crippen MR) is 59.2 cm³/mol. The number of nitrogens with zero attached hydrogens (tertiary/aromatic N) is 1. The molecule has 0 saturated carbocycles. The van der Waals surface area contributed by atoms with Crippen LogP contribution in [0.3, 0.4) is 0 Å². The second-order valence-electron chi connectivity index (χ2n) is 2.89. The second kappa shape index (κ2) is 7.52. The minimum Gasteiger partial charge on any atom is -0.383 e. The van der Waals surface area contributed by atoms with Crippen LogP contribution in [0.25, 0.3) is 0 Å². The van der Waals surface area contributed by atoms with Gasteiger partial charge in [-0.05, 0) is 12.2 Å². The second-order valence-corrected chi connectivity index (χ2v) is 3.30. The summed E-state index contributed by atoms with van der Waals surface area (Å²) >= 11 is 4.92. The van der Waals surface area contributed by atoms with Gasteiger partial charge in [0.25, 0.3) is 0 Å². The fourth-order valence-electron chi connectivity index (χ4n) is 0.643. The van der Waals surface area contributed by atoms with E-state index in [0.717, 1.165) is 0 Å². The number of carbonyl (C=O) groups is 1. The summed E-state index contributed by atoms with van der Waals surface area (Å²) in [4.78, 5) is 12.6. The van der Waals surface area contributed by atoms with Gasteiger partial charge in [0.1, 0.15) is 0 Å². The Morgan fingerprint density at radius 1 is 1.43 bits per heavy atom. The summed E-state index contributed by atoms with van der Waals surface area (Å²) in [5.74, 6) is -0.0131. The van der Waals surface area contributed by atoms with E-state index < -0.39 is 0 Å². The highest BCUT2D eigenvalue weighted by atomic mass is 32.1. The quantitative estimate of drug-likeness (QED) is 0.468. The number of hydrogen-bond acceptors (Lipinski definition) is 3. The molecule has 0 aromatic carbocycles. The smallest absolute Gasteiger partial charge is 0.241 e. The van der Waals surface area contributed by atoms with Crippen molar-refractivity contribution in [3.8, 4) is 0 Å². The minimum absolute atomic E-state index is 0.0131. The van der Waals surface area contributed by atoms with Crippen molar-refractivity contribution in [1.82, 2.24) is 15.5 Å². The minimum atomic E-state index is -0.0131. The molecule has 0 saturated heterocycles. The van der Waals surface area contributed by atoms with Crippen molar-refractivity contribution in [2.45, 2.75) is 0 Å². The van der Waals surface area contributed by atoms with Crippen LogP contribution in [0.2, 0.25) is 0 Å². The Morgan fingerprint density at radius 2 is 2.07 bits per heavy atom. The maximum atomic E-state index is 11.1. The highest BCUT2D eigenvalue weighted by Crippen LogP contribution is 1.76. The van der Waals surface area contributed by atoms with Gasteiger partial charge in [0.05, 0.1) is 13.2 Å². The van der Waals surface area contributed by atoms with Gasteiger partial charge in [0.2, 0.25) is 5.91 Å². The maximum Gasteiger partial charge on any atom is 0.241 e. The molecule has 0 unspecified atom stereocenters. The Labute approximate surface area is 89.8 Å². The van der Waals surface area contributed by atoms with Crippen molar-refractivity contribution < 1.29 is 9.53 Å². The Bertz CT molecular complexity index is 197. The van der Waals surface area contributed by atoms with E-state index in [0.29, 0.717) is 18.3 Å². The van der Waals surface area contributed by atoms with Crippen molar-refractivity contribution in [3.05, 3.63) is 0 Å². The molecule has 6 heteroatoms. The number of likely N-dealkylation sites (N-methyl/N-ethyl adjacent to an activating group) is 1. The molecule has 0 aromatic rings. The fraction of sp³-hybridized carbons (Fsp3) is 0.750. The summed E-state index contributed by atoms with van der Waals surface area (Å²) in [5, 5.41) is 6.17. The lowest BCUT2D eigenvalue weighted by Crippen LogP contribution is -2.42. The molecule has 0 aromatic heterocycles. The molecule has 0 fully saturated rings. The molecule has 0 aliphatic heterocycles. The van der Waals surface area contributed by atoms with Crippen LogP contribution in [0.4, 0.5) is 0 Å². The first-order valence-electron chi connectivity index (χ1n) is 4.28. The molecule has 2 N–H and O–H groups in total. The van der Waals surface area contributed by atoms with Gasteiger partial charge >= 0.3 is 0 Å². The van der Waals surface area contributed by atoms with Crippen LogP contribution in [0, 0.1) is 0 Å². The third-order valence-electron chi connectivity index (χ3n) is 1.49. The van der Waals surface area contributed by atoms with Crippen LogP contribution in [0.5, 0.6) is 0 Å². The van der Waals surface area contributed by atoms with Crippen LogP contribution in [0.1, 0.15) is 0 Å². The Hall–Kier alpha value is -0.880. The summed E-state index contributed by atoms with van der Waals surface area (Å²) in [6.45, 7) is 1.44. The fourth-order valence-corrected chi connectivity index (χ4v) is 0.817. The summed E-state index contributed by atoms with van der Waals surface area (Å²) in [7, 11) is 5.02. The van der Waals surface area contributed by atoms with E-state index in [1.54, 1.807) is 21.2 Å². The number of thiocarbonyl (C=S) groups is 1. The zero-order valence-corrected chi connectivity index (χ0v) is 9.61. The van der Waals surface area contributed by atoms with E-state index in [4.69, 9.17) is 17.0 Å².